The van der Waals surface area contributed by atoms with Crippen LogP contribution in [-0.2, 0) is 4.74 Å². The van der Waals surface area contributed by atoms with Crippen molar-refractivity contribution in [2.45, 2.75) is 18.9 Å². The summed E-state index contributed by atoms with van der Waals surface area (Å²) in [6.45, 7) is 1.92. The second kappa shape index (κ2) is 3.18. The van der Waals surface area contributed by atoms with Crippen molar-refractivity contribution in [3.05, 3.63) is 7.05 Å². The lowest BCUT2D eigenvalue weighted by atomic mass is 10.2. The fourth-order valence-corrected chi connectivity index (χ4v) is 1.14. The van der Waals surface area contributed by atoms with Crippen LogP contribution in [0.15, 0.2) is 0 Å². The van der Waals surface area contributed by atoms with Crippen molar-refractivity contribution in [3.63, 3.8) is 0 Å². The maximum atomic E-state index is 5.38. The van der Waals surface area contributed by atoms with Gasteiger partial charge in [-0.25, -0.2) is 0 Å². The molecule has 1 unspecified atom stereocenters. The Labute approximate surface area is 56.8 Å². The lowest BCUT2D eigenvalue weighted by Crippen LogP contribution is -2.23. The third-order valence-electron chi connectivity index (χ3n) is 1.54. The highest BCUT2D eigenvalue weighted by Gasteiger charge is 2.15. The summed E-state index contributed by atoms with van der Waals surface area (Å²) in [4.78, 5) is 1.93. The molecule has 0 aromatic rings. The van der Waals surface area contributed by atoms with Gasteiger partial charge in [0.05, 0.1) is 6.10 Å². The zero-order chi connectivity index (χ0) is 6.69. The molecule has 0 N–H and O–H groups in total. The highest BCUT2D eigenvalue weighted by Crippen LogP contribution is 2.11. The second-order valence-corrected chi connectivity index (χ2v) is 2.67. The number of rotatable bonds is 2. The van der Waals surface area contributed by atoms with E-state index in [1.165, 1.54) is 12.8 Å². The summed E-state index contributed by atoms with van der Waals surface area (Å²) in [6, 6.07) is 0. The molecule has 0 aromatic carbocycles. The molecule has 0 aliphatic carbocycles. The predicted molar refractivity (Wildman–Crippen MR) is 37.0 cm³/mol. The molecule has 1 aliphatic rings. The molecule has 0 amide bonds. The van der Waals surface area contributed by atoms with Crippen LogP contribution >= 0.6 is 0 Å². The van der Waals surface area contributed by atoms with Crippen molar-refractivity contribution in [2.75, 3.05) is 20.2 Å². The molecule has 1 fully saturated rings. The molecule has 1 rings (SSSR count). The number of likely N-dealkylation sites (N-methyl/N-ethyl adjacent to an activating group) is 1. The van der Waals surface area contributed by atoms with E-state index in [1.54, 1.807) is 0 Å². The molecule has 0 bridgehead atoms. The summed E-state index contributed by atoms with van der Waals surface area (Å²) in [5.74, 6) is 0. The molecule has 1 saturated heterocycles. The van der Waals surface area contributed by atoms with Gasteiger partial charge in [0.25, 0.3) is 0 Å². The van der Waals surface area contributed by atoms with Crippen LogP contribution in [0, 0.1) is 7.05 Å². The standard InChI is InChI=1S/C7H14NO/c1-8(2)6-7-4-3-5-9-7/h7H,1,3-6H2,2H3. The SMILES string of the molecule is [CH2]N(C)CC1CCCO1. The summed E-state index contributed by atoms with van der Waals surface area (Å²) in [6.07, 6.45) is 2.88. The fourth-order valence-electron chi connectivity index (χ4n) is 1.14. The molecule has 0 saturated carbocycles. The predicted octanol–water partition coefficient (Wildman–Crippen LogP) is 0.889. The first-order valence-electron chi connectivity index (χ1n) is 3.42. The molecule has 1 atom stereocenters. The van der Waals surface area contributed by atoms with E-state index in [2.05, 4.69) is 7.05 Å². The largest absolute Gasteiger partial charge is 0.377 e. The monoisotopic (exact) mass is 128 g/mol. The summed E-state index contributed by atoms with van der Waals surface area (Å²) in [5.41, 5.74) is 0. The van der Waals surface area contributed by atoms with Crippen LogP contribution in [0.3, 0.4) is 0 Å². The normalized spacial score (nSPS) is 27.7. The molecule has 9 heavy (non-hydrogen) atoms. The van der Waals surface area contributed by atoms with Gasteiger partial charge >= 0.3 is 0 Å². The first-order valence-corrected chi connectivity index (χ1v) is 3.42. The van der Waals surface area contributed by atoms with Crippen LogP contribution in [0.25, 0.3) is 0 Å². The molecule has 53 valence electrons. The number of ether oxygens (including phenoxy) is 1. The van der Waals surface area contributed by atoms with Crippen LogP contribution in [-0.4, -0.2) is 31.2 Å². The Kier molecular flexibility index (Phi) is 2.49. The first kappa shape index (κ1) is 7.03. The Morgan fingerprint density at radius 1 is 1.78 bits per heavy atom. The maximum Gasteiger partial charge on any atom is 0.0702 e. The summed E-state index contributed by atoms with van der Waals surface area (Å²) < 4.78 is 5.38. The third-order valence-corrected chi connectivity index (χ3v) is 1.54. The van der Waals surface area contributed by atoms with E-state index in [-0.39, 0.29) is 0 Å². The van der Waals surface area contributed by atoms with Gasteiger partial charge in [0.15, 0.2) is 0 Å². The van der Waals surface area contributed by atoms with E-state index in [9.17, 15) is 0 Å². The van der Waals surface area contributed by atoms with Gasteiger partial charge in [-0.2, -0.15) is 0 Å². The molecule has 2 nitrogen and oxygen atoms in total. The van der Waals surface area contributed by atoms with Crippen molar-refractivity contribution >= 4 is 0 Å². The van der Waals surface area contributed by atoms with Crippen LogP contribution < -0.4 is 0 Å². The Hall–Kier alpha value is -0.0800. The highest BCUT2D eigenvalue weighted by molar-refractivity contribution is 4.67. The van der Waals surface area contributed by atoms with Gasteiger partial charge in [-0.05, 0) is 19.9 Å². The molecule has 2 heteroatoms. The first-order chi connectivity index (χ1) is 4.29. The molecule has 1 heterocycles. The minimum Gasteiger partial charge on any atom is -0.377 e. The van der Waals surface area contributed by atoms with Crippen molar-refractivity contribution in [1.82, 2.24) is 4.90 Å². The van der Waals surface area contributed by atoms with Crippen molar-refractivity contribution in [2.24, 2.45) is 0 Å². The summed E-state index contributed by atoms with van der Waals surface area (Å²) in [7, 11) is 5.73. The molecular formula is C7H14NO. The smallest absolute Gasteiger partial charge is 0.0702 e. The average molecular weight is 128 g/mol. The molecule has 1 aliphatic heterocycles. The van der Waals surface area contributed by atoms with Gasteiger partial charge in [-0.1, -0.05) is 0 Å². The Balaban J connectivity index is 2.11. The number of nitrogens with zero attached hydrogens (tertiary/aromatic N) is 1. The fraction of sp³-hybridized carbons (Fsp3) is 0.857. The van der Waals surface area contributed by atoms with Crippen molar-refractivity contribution in [3.8, 4) is 0 Å². The van der Waals surface area contributed by atoms with Crippen molar-refractivity contribution < 1.29 is 4.74 Å². The third kappa shape index (κ3) is 2.33. The van der Waals surface area contributed by atoms with E-state index in [4.69, 9.17) is 4.74 Å². The maximum absolute atomic E-state index is 5.38. The molecule has 0 aromatic heterocycles. The average Bonchev–Trinajstić information content (AvgIpc) is 2.15. The number of hydrogen-bond donors (Lipinski definition) is 0. The van der Waals surface area contributed by atoms with E-state index in [1.807, 2.05) is 11.9 Å². The van der Waals surface area contributed by atoms with E-state index < -0.39 is 0 Å². The van der Waals surface area contributed by atoms with Gasteiger partial charge in [-0.15, -0.1) is 0 Å². The van der Waals surface area contributed by atoms with Crippen LogP contribution in [0.1, 0.15) is 12.8 Å². The van der Waals surface area contributed by atoms with Gasteiger partial charge in [0.2, 0.25) is 0 Å². The van der Waals surface area contributed by atoms with E-state index in [0.29, 0.717) is 6.10 Å². The minimum atomic E-state index is 0.451. The van der Waals surface area contributed by atoms with E-state index >= 15 is 0 Å². The Morgan fingerprint density at radius 3 is 3.00 bits per heavy atom. The summed E-state index contributed by atoms with van der Waals surface area (Å²) in [5, 5.41) is 0. The minimum absolute atomic E-state index is 0.451. The van der Waals surface area contributed by atoms with Gasteiger partial charge in [-0.3, -0.25) is 0 Å². The summed E-state index contributed by atoms with van der Waals surface area (Å²) >= 11 is 0. The van der Waals surface area contributed by atoms with Crippen LogP contribution in [0.2, 0.25) is 0 Å². The van der Waals surface area contributed by atoms with Crippen molar-refractivity contribution in [1.29, 1.82) is 0 Å². The quantitative estimate of drug-likeness (QED) is 0.547. The van der Waals surface area contributed by atoms with Gasteiger partial charge in [0, 0.05) is 20.2 Å². The van der Waals surface area contributed by atoms with E-state index in [0.717, 1.165) is 13.2 Å². The Bertz CT molecular complexity index is 77.0. The lowest BCUT2D eigenvalue weighted by molar-refractivity contribution is 0.0915. The molecule has 0 spiro atoms. The zero-order valence-corrected chi connectivity index (χ0v) is 5.97. The van der Waals surface area contributed by atoms with Gasteiger partial charge < -0.3 is 9.64 Å². The number of hydrogen-bond acceptors (Lipinski definition) is 2. The second-order valence-electron chi connectivity index (χ2n) is 2.67. The molecule has 1 radical (unpaired) electrons. The zero-order valence-electron chi connectivity index (χ0n) is 5.97. The van der Waals surface area contributed by atoms with Crippen LogP contribution in [0.4, 0.5) is 0 Å². The lowest BCUT2D eigenvalue weighted by Gasteiger charge is -2.14. The van der Waals surface area contributed by atoms with Gasteiger partial charge in [0.1, 0.15) is 0 Å². The van der Waals surface area contributed by atoms with Crippen LogP contribution in [0.5, 0.6) is 0 Å². The topological polar surface area (TPSA) is 12.5 Å². The highest BCUT2D eigenvalue weighted by atomic mass is 16.5. The Morgan fingerprint density at radius 2 is 2.56 bits per heavy atom. The molecular weight excluding hydrogens is 114 g/mol.